The molecule has 194 valence electrons. The standard InChI is InChI=1S/C28H30ClN3O4S/c1-6-11-32-23-14-22(29)18(12-21(23)17(2)15-28(32,3)4)13-24-26(34)31(27(35)37-24)16-25(33)30-19-7-9-20(36-5)10-8-19/h7-10,12-15H,6,11,16H2,1-5H3,(H,30,33)/b24-13+. The third kappa shape index (κ3) is 5.55. The minimum Gasteiger partial charge on any atom is -0.497 e. The number of thioether (sulfide) groups is 1. The Balaban J connectivity index is 1.54. The van der Waals surface area contributed by atoms with E-state index in [0.717, 1.165) is 46.5 Å². The number of nitrogens with one attached hydrogen (secondary N) is 1. The van der Waals surface area contributed by atoms with Crippen LogP contribution in [0.1, 0.15) is 45.2 Å². The first-order valence-electron chi connectivity index (χ1n) is 12.0. The summed E-state index contributed by atoms with van der Waals surface area (Å²) in [5, 5.41) is 2.69. The van der Waals surface area contributed by atoms with Crippen molar-refractivity contribution in [2.45, 2.75) is 39.7 Å². The zero-order valence-electron chi connectivity index (χ0n) is 21.6. The van der Waals surface area contributed by atoms with Gasteiger partial charge in [0, 0.05) is 28.5 Å². The van der Waals surface area contributed by atoms with Gasteiger partial charge in [-0.15, -0.1) is 0 Å². The van der Waals surface area contributed by atoms with Crippen molar-refractivity contribution in [1.82, 2.24) is 4.90 Å². The van der Waals surface area contributed by atoms with Crippen molar-refractivity contribution in [3.63, 3.8) is 0 Å². The van der Waals surface area contributed by atoms with Gasteiger partial charge < -0.3 is 15.0 Å². The zero-order valence-corrected chi connectivity index (χ0v) is 23.1. The molecule has 2 aliphatic rings. The molecule has 37 heavy (non-hydrogen) atoms. The van der Waals surface area contributed by atoms with Crippen LogP contribution < -0.4 is 15.0 Å². The molecule has 7 nitrogen and oxygen atoms in total. The van der Waals surface area contributed by atoms with Crippen molar-refractivity contribution in [2.75, 3.05) is 30.4 Å². The number of hydrogen-bond acceptors (Lipinski definition) is 6. The maximum atomic E-state index is 13.0. The number of amides is 3. The molecule has 2 aromatic rings. The van der Waals surface area contributed by atoms with Crippen LogP contribution in [0.25, 0.3) is 11.6 Å². The molecule has 0 saturated carbocycles. The molecule has 1 saturated heterocycles. The summed E-state index contributed by atoms with van der Waals surface area (Å²) in [7, 11) is 1.55. The number of anilines is 2. The quantitative estimate of drug-likeness (QED) is 0.408. The number of hydrogen-bond donors (Lipinski definition) is 1. The Morgan fingerprint density at radius 3 is 2.54 bits per heavy atom. The van der Waals surface area contributed by atoms with E-state index in [-0.39, 0.29) is 17.0 Å². The maximum Gasteiger partial charge on any atom is 0.294 e. The van der Waals surface area contributed by atoms with E-state index in [0.29, 0.717) is 22.0 Å². The van der Waals surface area contributed by atoms with Crippen LogP contribution in [-0.2, 0) is 9.59 Å². The molecule has 2 heterocycles. The molecule has 0 spiro atoms. The van der Waals surface area contributed by atoms with Crippen molar-refractivity contribution in [2.24, 2.45) is 0 Å². The molecule has 4 rings (SSSR count). The Morgan fingerprint density at radius 1 is 1.19 bits per heavy atom. The summed E-state index contributed by atoms with van der Waals surface area (Å²) in [6.07, 6.45) is 4.86. The highest BCUT2D eigenvalue weighted by Gasteiger charge is 2.37. The first kappa shape index (κ1) is 26.8. The SMILES string of the molecule is CCCN1c2cc(Cl)c(/C=C3/SC(=O)N(CC(=O)Nc4ccc(OC)cc4)C3=O)cc2C(C)=CC1(C)C. The number of allylic oxidation sites excluding steroid dienone is 1. The third-order valence-electron chi connectivity index (χ3n) is 6.38. The van der Waals surface area contributed by atoms with Gasteiger partial charge in [0.2, 0.25) is 5.91 Å². The monoisotopic (exact) mass is 539 g/mol. The normalized spacial score (nSPS) is 17.7. The molecule has 2 aromatic carbocycles. The predicted octanol–water partition coefficient (Wildman–Crippen LogP) is 6.44. The average Bonchev–Trinajstić information content (AvgIpc) is 3.10. The second-order valence-electron chi connectivity index (χ2n) is 9.57. The fourth-order valence-corrected chi connectivity index (χ4v) is 5.70. The van der Waals surface area contributed by atoms with Gasteiger partial charge in [0.1, 0.15) is 12.3 Å². The fraction of sp³-hybridized carbons (Fsp3) is 0.321. The van der Waals surface area contributed by atoms with Crippen LogP contribution in [0.15, 0.2) is 47.4 Å². The van der Waals surface area contributed by atoms with Gasteiger partial charge in [-0.1, -0.05) is 24.6 Å². The molecule has 0 unspecified atom stereocenters. The lowest BCUT2D eigenvalue weighted by molar-refractivity contribution is -0.127. The Bertz CT molecular complexity index is 1320. The summed E-state index contributed by atoms with van der Waals surface area (Å²) in [5.74, 6) is -0.336. The summed E-state index contributed by atoms with van der Waals surface area (Å²) < 4.78 is 5.11. The van der Waals surface area contributed by atoms with Gasteiger partial charge >= 0.3 is 0 Å². The van der Waals surface area contributed by atoms with Gasteiger partial charge in [-0.25, -0.2) is 0 Å². The number of methoxy groups -OCH3 is 1. The molecule has 0 atom stereocenters. The number of ether oxygens (including phenoxy) is 1. The third-order valence-corrected chi connectivity index (χ3v) is 7.61. The van der Waals surface area contributed by atoms with Crippen LogP contribution >= 0.6 is 23.4 Å². The number of benzene rings is 2. The summed E-state index contributed by atoms with van der Waals surface area (Å²) in [5.41, 5.74) is 4.27. The number of rotatable bonds is 7. The van der Waals surface area contributed by atoms with Gasteiger partial charge in [-0.05, 0) is 92.6 Å². The second kappa shape index (κ2) is 10.6. The largest absolute Gasteiger partial charge is 0.497 e. The molecule has 9 heteroatoms. The second-order valence-corrected chi connectivity index (χ2v) is 11.0. The highest BCUT2D eigenvalue weighted by atomic mass is 35.5. The van der Waals surface area contributed by atoms with E-state index in [1.54, 1.807) is 37.5 Å². The first-order valence-corrected chi connectivity index (χ1v) is 13.2. The van der Waals surface area contributed by atoms with Crippen molar-refractivity contribution in [1.29, 1.82) is 0 Å². The molecule has 3 amide bonds. The van der Waals surface area contributed by atoms with Gasteiger partial charge in [0.15, 0.2) is 0 Å². The van der Waals surface area contributed by atoms with E-state index >= 15 is 0 Å². The molecular formula is C28H30ClN3O4S. The van der Waals surface area contributed by atoms with Crippen LogP contribution in [-0.4, -0.2) is 47.7 Å². The lowest BCUT2D eigenvalue weighted by atomic mass is 9.87. The number of halogens is 1. The minimum absolute atomic E-state index is 0.146. The average molecular weight is 540 g/mol. The van der Waals surface area contributed by atoms with E-state index in [1.807, 2.05) is 12.1 Å². The van der Waals surface area contributed by atoms with E-state index in [9.17, 15) is 14.4 Å². The number of imide groups is 1. The predicted molar refractivity (Wildman–Crippen MR) is 151 cm³/mol. The summed E-state index contributed by atoms with van der Waals surface area (Å²) in [6.45, 7) is 9.07. The maximum absolute atomic E-state index is 13.0. The Hall–Kier alpha value is -3.23. The highest BCUT2D eigenvalue weighted by Crippen LogP contribution is 2.43. The molecule has 0 aliphatic carbocycles. The van der Waals surface area contributed by atoms with E-state index in [4.69, 9.17) is 16.3 Å². The van der Waals surface area contributed by atoms with Gasteiger partial charge in [-0.2, -0.15) is 0 Å². The first-order chi connectivity index (χ1) is 17.5. The summed E-state index contributed by atoms with van der Waals surface area (Å²) >= 11 is 7.48. The molecule has 0 radical (unpaired) electrons. The number of nitrogens with zero attached hydrogens (tertiary/aromatic N) is 2. The number of carbonyl (C=O) groups is 3. The van der Waals surface area contributed by atoms with Crippen LogP contribution in [0.4, 0.5) is 16.2 Å². The Morgan fingerprint density at radius 2 is 1.89 bits per heavy atom. The van der Waals surface area contributed by atoms with E-state index in [2.05, 4.69) is 44.0 Å². The minimum atomic E-state index is -0.519. The Kier molecular flexibility index (Phi) is 7.71. The molecule has 1 fully saturated rings. The Labute approximate surface area is 226 Å². The summed E-state index contributed by atoms with van der Waals surface area (Å²) in [6, 6.07) is 10.7. The van der Waals surface area contributed by atoms with Crippen molar-refractivity contribution in [3.05, 3.63) is 63.5 Å². The van der Waals surface area contributed by atoms with Crippen molar-refractivity contribution < 1.29 is 19.1 Å². The van der Waals surface area contributed by atoms with E-state index < -0.39 is 17.1 Å². The van der Waals surface area contributed by atoms with Crippen LogP contribution in [0, 0.1) is 0 Å². The van der Waals surface area contributed by atoms with Gasteiger partial charge in [-0.3, -0.25) is 19.3 Å². The molecule has 1 N–H and O–H groups in total. The molecular weight excluding hydrogens is 510 g/mol. The van der Waals surface area contributed by atoms with Crippen molar-refractivity contribution >= 4 is 63.4 Å². The van der Waals surface area contributed by atoms with Gasteiger partial charge in [0.25, 0.3) is 11.1 Å². The molecule has 2 aliphatic heterocycles. The zero-order chi connectivity index (χ0) is 26.9. The smallest absolute Gasteiger partial charge is 0.294 e. The lowest BCUT2D eigenvalue weighted by Gasteiger charge is -2.43. The lowest BCUT2D eigenvalue weighted by Crippen LogP contribution is -2.45. The number of fused-ring (bicyclic) bond motifs is 1. The van der Waals surface area contributed by atoms with E-state index in [1.165, 1.54) is 0 Å². The van der Waals surface area contributed by atoms with Crippen LogP contribution in [0.2, 0.25) is 5.02 Å². The van der Waals surface area contributed by atoms with Gasteiger partial charge in [0.05, 0.1) is 17.6 Å². The van der Waals surface area contributed by atoms with Crippen molar-refractivity contribution in [3.8, 4) is 5.75 Å². The van der Waals surface area contributed by atoms with Crippen LogP contribution in [0.5, 0.6) is 5.75 Å². The molecule has 0 aromatic heterocycles. The topological polar surface area (TPSA) is 79.0 Å². The highest BCUT2D eigenvalue weighted by molar-refractivity contribution is 8.18. The summed E-state index contributed by atoms with van der Waals surface area (Å²) in [4.78, 5) is 41.7. The molecule has 0 bridgehead atoms. The van der Waals surface area contributed by atoms with Crippen LogP contribution in [0.3, 0.4) is 0 Å². The fourth-order valence-electron chi connectivity index (χ4n) is 4.65. The number of carbonyl (C=O) groups excluding carboxylic acids is 3.